The van der Waals surface area contributed by atoms with Crippen molar-refractivity contribution in [3.05, 3.63) is 48.2 Å². The first kappa shape index (κ1) is 12.2. The predicted octanol–water partition coefficient (Wildman–Crippen LogP) is 3.67. The molecule has 1 aromatic carbocycles. The van der Waals surface area contributed by atoms with Gasteiger partial charge in [-0.1, -0.05) is 43.7 Å². The van der Waals surface area contributed by atoms with Crippen molar-refractivity contribution in [2.75, 3.05) is 5.73 Å². The lowest BCUT2D eigenvalue weighted by Gasteiger charge is -2.02. The molecular formula is C14H18N2. The number of aromatic nitrogens is 1. The van der Waals surface area contributed by atoms with E-state index in [0.29, 0.717) is 5.82 Å². The second-order valence-electron chi connectivity index (χ2n) is 3.34. The molecular weight excluding hydrogens is 196 g/mol. The van der Waals surface area contributed by atoms with Crippen LogP contribution in [0.4, 0.5) is 5.82 Å². The first-order valence-corrected chi connectivity index (χ1v) is 5.54. The molecule has 0 saturated heterocycles. The molecule has 0 amide bonds. The van der Waals surface area contributed by atoms with Crippen LogP contribution in [-0.2, 0) is 0 Å². The molecule has 2 nitrogen and oxygen atoms in total. The largest absolute Gasteiger partial charge is 0.384 e. The Hall–Kier alpha value is -1.83. The van der Waals surface area contributed by atoms with Gasteiger partial charge in [-0.3, -0.25) is 0 Å². The summed E-state index contributed by atoms with van der Waals surface area (Å²) in [6, 6.07) is 12.2. The van der Waals surface area contributed by atoms with Gasteiger partial charge in [0.25, 0.3) is 0 Å². The van der Waals surface area contributed by atoms with E-state index in [0.717, 1.165) is 5.56 Å². The Labute approximate surface area is 97.1 Å². The minimum absolute atomic E-state index is 0.559. The van der Waals surface area contributed by atoms with Crippen LogP contribution in [0.5, 0.6) is 0 Å². The maximum absolute atomic E-state index is 5.62. The summed E-state index contributed by atoms with van der Waals surface area (Å²) in [6.45, 7) is 6.08. The molecule has 16 heavy (non-hydrogen) atoms. The number of pyridine rings is 1. The Morgan fingerprint density at radius 3 is 2.31 bits per heavy atom. The van der Waals surface area contributed by atoms with Crippen LogP contribution >= 0.6 is 0 Å². The van der Waals surface area contributed by atoms with E-state index in [2.05, 4.69) is 30.1 Å². The van der Waals surface area contributed by atoms with E-state index in [9.17, 15) is 0 Å². The molecule has 0 spiro atoms. The average Bonchev–Trinajstić information content (AvgIpc) is 2.32. The molecule has 84 valence electrons. The maximum Gasteiger partial charge on any atom is 0.123 e. The maximum atomic E-state index is 5.62. The summed E-state index contributed by atoms with van der Waals surface area (Å²) in [4.78, 5) is 3.97. The van der Waals surface area contributed by atoms with Crippen LogP contribution in [0.25, 0.3) is 11.1 Å². The Morgan fingerprint density at radius 1 is 1.00 bits per heavy atom. The summed E-state index contributed by atoms with van der Waals surface area (Å²) in [5.41, 5.74) is 9.16. The normalized spacial score (nSPS) is 9.19. The molecule has 2 N–H and O–H groups in total. The van der Waals surface area contributed by atoms with Gasteiger partial charge in [0.05, 0.1) is 0 Å². The van der Waals surface area contributed by atoms with E-state index in [1.807, 2.05) is 32.0 Å². The van der Waals surface area contributed by atoms with Crippen molar-refractivity contribution < 1.29 is 0 Å². The molecule has 1 aromatic heterocycles. The van der Waals surface area contributed by atoms with Gasteiger partial charge < -0.3 is 5.73 Å². The highest BCUT2D eigenvalue weighted by Gasteiger charge is 1.97. The number of hydrogen-bond donors (Lipinski definition) is 1. The van der Waals surface area contributed by atoms with Gasteiger partial charge in [0.1, 0.15) is 5.82 Å². The van der Waals surface area contributed by atoms with E-state index in [1.54, 1.807) is 6.20 Å². The number of anilines is 1. The van der Waals surface area contributed by atoms with Gasteiger partial charge in [-0.05, 0) is 30.2 Å². The van der Waals surface area contributed by atoms with E-state index in [4.69, 9.17) is 5.73 Å². The smallest absolute Gasteiger partial charge is 0.123 e. The van der Waals surface area contributed by atoms with Gasteiger partial charge in [0, 0.05) is 6.20 Å². The van der Waals surface area contributed by atoms with Gasteiger partial charge >= 0.3 is 0 Å². The highest BCUT2D eigenvalue weighted by Crippen LogP contribution is 2.20. The monoisotopic (exact) mass is 214 g/mol. The van der Waals surface area contributed by atoms with E-state index < -0.39 is 0 Å². The molecule has 0 bridgehead atoms. The van der Waals surface area contributed by atoms with Crippen LogP contribution < -0.4 is 5.73 Å². The number of nitrogen functional groups attached to an aromatic ring is 1. The van der Waals surface area contributed by atoms with Gasteiger partial charge in [-0.25, -0.2) is 4.98 Å². The zero-order valence-electron chi connectivity index (χ0n) is 10.1. The lowest BCUT2D eigenvalue weighted by Crippen LogP contribution is -1.89. The highest BCUT2D eigenvalue weighted by atomic mass is 14.8. The Kier molecular flexibility index (Phi) is 4.52. The molecule has 0 aliphatic carbocycles. The zero-order chi connectivity index (χ0) is 12.0. The fraction of sp³-hybridized carbons (Fsp3) is 0.214. The van der Waals surface area contributed by atoms with Crippen molar-refractivity contribution in [2.45, 2.75) is 20.8 Å². The first-order chi connectivity index (χ1) is 7.75. The second kappa shape index (κ2) is 5.91. The van der Waals surface area contributed by atoms with Crippen LogP contribution in [0.1, 0.15) is 19.4 Å². The van der Waals surface area contributed by atoms with Crippen LogP contribution in [0, 0.1) is 6.92 Å². The first-order valence-electron chi connectivity index (χ1n) is 5.54. The fourth-order valence-electron chi connectivity index (χ4n) is 1.45. The van der Waals surface area contributed by atoms with Crippen LogP contribution in [0.15, 0.2) is 42.6 Å². The van der Waals surface area contributed by atoms with Gasteiger partial charge in [0.15, 0.2) is 0 Å². The van der Waals surface area contributed by atoms with Crippen LogP contribution in [0.3, 0.4) is 0 Å². The molecule has 1 heterocycles. The third kappa shape index (κ3) is 3.09. The van der Waals surface area contributed by atoms with Gasteiger partial charge in [-0.15, -0.1) is 0 Å². The number of benzene rings is 1. The molecule has 0 saturated carbocycles. The van der Waals surface area contributed by atoms with E-state index in [1.165, 1.54) is 11.1 Å². The highest BCUT2D eigenvalue weighted by molar-refractivity contribution is 5.66. The topological polar surface area (TPSA) is 38.9 Å². The van der Waals surface area contributed by atoms with Crippen molar-refractivity contribution in [3.63, 3.8) is 0 Å². The summed E-state index contributed by atoms with van der Waals surface area (Å²) in [7, 11) is 0. The van der Waals surface area contributed by atoms with Crippen molar-refractivity contribution >= 4 is 5.82 Å². The Balaban J connectivity index is 0.000000606. The summed E-state index contributed by atoms with van der Waals surface area (Å²) in [6.07, 6.45) is 1.73. The number of hydrogen-bond acceptors (Lipinski definition) is 2. The van der Waals surface area contributed by atoms with Crippen molar-refractivity contribution in [2.24, 2.45) is 0 Å². The molecule has 2 aromatic rings. The number of rotatable bonds is 1. The molecule has 0 atom stereocenters. The van der Waals surface area contributed by atoms with Crippen molar-refractivity contribution in [1.82, 2.24) is 4.98 Å². The SMILES string of the molecule is CC.Cc1cccc(-c2ccnc(N)c2)c1. The summed E-state index contributed by atoms with van der Waals surface area (Å²) >= 11 is 0. The molecule has 2 heteroatoms. The molecule has 2 rings (SSSR count). The average molecular weight is 214 g/mol. The predicted molar refractivity (Wildman–Crippen MR) is 70.2 cm³/mol. The fourth-order valence-corrected chi connectivity index (χ4v) is 1.45. The van der Waals surface area contributed by atoms with E-state index >= 15 is 0 Å². The molecule has 0 aliphatic heterocycles. The second-order valence-corrected chi connectivity index (χ2v) is 3.34. The third-order valence-electron chi connectivity index (χ3n) is 2.13. The number of nitrogens with two attached hydrogens (primary N) is 1. The molecule has 0 fully saturated rings. The van der Waals surface area contributed by atoms with E-state index in [-0.39, 0.29) is 0 Å². The lowest BCUT2D eigenvalue weighted by molar-refractivity contribution is 1.33. The molecule has 0 aliphatic rings. The van der Waals surface area contributed by atoms with Crippen molar-refractivity contribution in [1.29, 1.82) is 0 Å². The minimum Gasteiger partial charge on any atom is -0.384 e. The Morgan fingerprint density at radius 2 is 1.69 bits per heavy atom. The summed E-state index contributed by atoms with van der Waals surface area (Å²) in [5.74, 6) is 0.559. The minimum atomic E-state index is 0.559. The number of nitrogens with zero attached hydrogens (tertiary/aromatic N) is 1. The quantitative estimate of drug-likeness (QED) is 0.786. The summed E-state index contributed by atoms with van der Waals surface area (Å²) in [5, 5.41) is 0. The lowest BCUT2D eigenvalue weighted by atomic mass is 10.0. The van der Waals surface area contributed by atoms with Crippen LogP contribution in [-0.4, -0.2) is 4.98 Å². The Bertz CT molecular complexity index is 406. The van der Waals surface area contributed by atoms with Gasteiger partial charge in [0.2, 0.25) is 0 Å². The van der Waals surface area contributed by atoms with Crippen LogP contribution in [0.2, 0.25) is 0 Å². The molecule has 0 radical (unpaired) electrons. The van der Waals surface area contributed by atoms with Gasteiger partial charge in [-0.2, -0.15) is 0 Å². The number of aryl methyl sites for hydroxylation is 1. The summed E-state index contributed by atoms with van der Waals surface area (Å²) < 4.78 is 0. The molecule has 0 unspecified atom stereocenters. The van der Waals surface area contributed by atoms with Crippen molar-refractivity contribution in [3.8, 4) is 11.1 Å². The third-order valence-corrected chi connectivity index (χ3v) is 2.13. The zero-order valence-corrected chi connectivity index (χ0v) is 10.1. The standard InChI is InChI=1S/C12H12N2.C2H6/c1-9-3-2-4-10(7-9)11-5-6-14-12(13)8-11;1-2/h2-8H,1H3,(H2,13,14);1-2H3.